The number of amides is 1. The maximum atomic E-state index is 14.0. The number of nitro groups is 1. The number of unbranched alkanes of at least 4 members (excludes halogenated alkanes) is 2. The summed E-state index contributed by atoms with van der Waals surface area (Å²) in [5.41, 5.74) is 3.64. The average Bonchev–Trinajstić information content (AvgIpc) is 4.10. The molecule has 1 aliphatic heterocycles. The Bertz CT molecular complexity index is 2060. The Balaban J connectivity index is 1.39. The summed E-state index contributed by atoms with van der Waals surface area (Å²) in [6, 6.07) is 18.2. The number of hydrogen-bond donors (Lipinski definition) is 2. The fraction of sp³-hybridized carbons (Fsp3) is 0.457. The number of nitro benzene ring substituents is 1. The maximum Gasteiger partial charge on any atom is 0.269 e. The van der Waals surface area contributed by atoms with E-state index in [0.717, 1.165) is 55.9 Å². The molecule has 6 atom stereocenters. The predicted octanol–water partition coefficient (Wildman–Crippen LogP) is 7.90. The van der Waals surface area contributed by atoms with E-state index < -0.39 is 22.7 Å². The van der Waals surface area contributed by atoms with Gasteiger partial charge >= 0.3 is 0 Å². The van der Waals surface area contributed by atoms with Crippen LogP contribution in [0.4, 0.5) is 5.69 Å². The highest BCUT2D eigenvalue weighted by Gasteiger charge is 2.65. The van der Waals surface area contributed by atoms with E-state index in [9.17, 15) is 29.9 Å². The first kappa shape index (κ1) is 41.8. The van der Waals surface area contributed by atoms with Crippen LogP contribution in [-0.2, 0) is 21.0 Å². The second-order valence-electron chi connectivity index (χ2n) is 16.0. The lowest BCUT2D eigenvalue weighted by Gasteiger charge is -2.59. The summed E-state index contributed by atoms with van der Waals surface area (Å²) in [7, 11) is 1.81. The van der Waals surface area contributed by atoms with Crippen molar-refractivity contribution in [3.05, 3.63) is 118 Å². The van der Waals surface area contributed by atoms with Crippen LogP contribution in [0, 0.1) is 33.8 Å². The van der Waals surface area contributed by atoms with Crippen molar-refractivity contribution in [2.45, 2.75) is 82.1 Å². The van der Waals surface area contributed by atoms with Gasteiger partial charge in [0.05, 0.1) is 23.2 Å². The van der Waals surface area contributed by atoms with Gasteiger partial charge in [-0.3, -0.25) is 19.7 Å². The molecule has 3 aromatic rings. The van der Waals surface area contributed by atoms with Gasteiger partial charge in [-0.25, -0.2) is 0 Å². The number of aliphatic hydroxyl groups is 2. The molecule has 13 heteroatoms. The number of aliphatic hydroxyl groups excluding tert-OH is 2. The largest absolute Gasteiger partial charge is 0.459 e. The Morgan fingerprint density at radius 2 is 1.78 bits per heavy atom. The molecule has 4 aliphatic rings. The van der Waals surface area contributed by atoms with Gasteiger partial charge in [0.2, 0.25) is 11.7 Å². The zero-order valence-corrected chi connectivity index (χ0v) is 33.4. The second kappa shape index (κ2) is 18.7. The Hall–Kier alpha value is -5.37. The quantitative estimate of drug-likeness (QED) is 0.0376. The molecule has 0 aromatic heterocycles. The van der Waals surface area contributed by atoms with Crippen LogP contribution in [0.1, 0.15) is 85.2 Å². The summed E-state index contributed by atoms with van der Waals surface area (Å²) in [4.78, 5) is 44.3. The van der Waals surface area contributed by atoms with E-state index in [1.165, 1.54) is 12.1 Å². The maximum absolute atomic E-state index is 14.0. The number of nitrogens with zero attached hydrogens (tertiary/aromatic N) is 3. The third-order valence-corrected chi connectivity index (χ3v) is 12.2. The monoisotopic (exact) mass is 807 g/mol. The minimum absolute atomic E-state index is 0.0135. The molecule has 2 N–H and O–H groups in total. The van der Waals surface area contributed by atoms with Crippen molar-refractivity contribution in [1.82, 2.24) is 4.90 Å². The third-order valence-electron chi connectivity index (χ3n) is 12.2. The summed E-state index contributed by atoms with van der Waals surface area (Å²) >= 11 is 0. The van der Waals surface area contributed by atoms with Crippen molar-refractivity contribution in [2.24, 2.45) is 28.8 Å². The number of likely N-dealkylation sites (N-methyl/N-ethyl adjacent to an activating group) is 1. The van der Waals surface area contributed by atoms with E-state index in [0.29, 0.717) is 46.9 Å². The van der Waals surface area contributed by atoms with Crippen molar-refractivity contribution in [3.63, 3.8) is 0 Å². The molecule has 312 valence electrons. The predicted molar refractivity (Wildman–Crippen MR) is 220 cm³/mol. The fourth-order valence-electron chi connectivity index (χ4n) is 9.25. The molecular weight excluding hydrogens is 755 g/mol. The topological polar surface area (TPSA) is 170 Å². The van der Waals surface area contributed by atoms with E-state index in [2.05, 4.69) is 12.7 Å². The molecule has 3 aliphatic carbocycles. The van der Waals surface area contributed by atoms with Gasteiger partial charge in [0.1, 0.15) is 36.2 Å². The number of non-ortho nitro benzene ring substituents is 1. The molecule has 0 radical (unpaired) electrons. The van der Waals surface area contributed by atoms with Gasteiger partial charge in [-0.05, 0) is 104 Å². The number of carbonyl (C=O) groups excluding carboxylic acids is 2. The first-order valence-electron chi connectivity index (χ1n) is 20.6. The first-order chi connectivity index (χ1) is 28.7. The number of benzene rings is 3. The second-order valence-corrected chi connectivity index (χ2v) is 16.0. The minimum Gasteiger partial charge on any atom is -0.459 e. The van der Waals surface area contributed by atoms with Gasteiger partial charge in [0.25, 0.3) is 5.69 Å². The van der Waals surface area contributed by atoms with E-state index in [4.69, 9.17) is 24.2 Å². The highest BCUT2D eigenvalue weighted by atomic mass is 16.7. The van der Waals surface area contributed by atoms with Crippen molar-refractivity contribution in [3.8, 4) is 17.2 Å². The van der Waals surface area contributed by atoms with Crippen LogP contribution in [0.3, 0.4) is 0 Å². The van der Waals surface area contributed by atoms with Crippen molar-refractivity contribution < 1.29 is 43.8 Å². The van der Waals surface area contributed by atoms with Crippen LogP contribution >= 0.6 is 0 Å². The normalized spacial score (nSPS) is 24.8. The van der Waals surface area contributed by atoms with Gasteiger partial charge in [-0.15, -0.1) is 6.58 Å². The molecule has 1 amide bonds. The van der Waals surface area contributed by atoms with Crippen LogP contribution < -0.4 is 9.47 Å². The van der Waals surface area contributed by atoms with Gasteiger partial charge in [-0.2, -0.15) is 0 Å². The number of aldehydes is 1. The van der Waals surface area contributed by atoms with Crippen LogP contribution in [0.5, 0.6) is 17.2 Å². The summed E-state index contributed by atoms with van der Waals surface area (Å²) in [5, 5.41) is 35.8. The Kier molecular flexibility index (Phi) is 13.2. The van der Waals surface area contributed by atoms with Crippen molar-refractivity contribution in [2.75, 3.05) is 26.9 Å². The average molecular weight is 808 g/mol. The summed E-state index contributed by atoms with van der Waals surface area (Å²) in [6.07, 6.45) is 11.1. The fourth-order valence-corrected chi connectivity index (χ4v) is 9.25. The molecule has 0 saturated heterocycles. The van der Waals surface area contributed by atoms with E-state index >= 15 is 0 Å². The Morgan fingerprint density at radius 3 is 2.47 bits per heavy atom. The molecule has 59 heavy (non-hydrogen) atoms. The molecule has 0 unspecified atom stereocenters. The molecule has 2 saturated carbocycles. The third kappa shape index (κ3) is 8.97. The molecule has 2 fully saturated rings. The SMILES string of the molecule is C=CCO[C@@]12Oc3ccc(Oc4cccc(C=O)c4)cc3[C@H]3[C@H](CCCCO)[C@@H](CCCCO)C=C(C(=NOCc4ccc([N+](=O)[O-])cc4)C[C@@H]1N(C)C(=O)C1CC1)[C@H]32. The van der Waals surface area contributed by atoms with E-state index in [-0.39, 0.29) is 68.1 Å². The van der Waals surface area contributed by atoms with E-state index in [1.54, 1.807) is 47.4 Å². The number of allylic oxidation sites excluding steroid dienone is 1. The van der Waals surface area contributed by atoms with Gasteiger partial charge in [0.15, 0.2) is 0 Å². The van der Waals surface area contributed by atoms with Crippen molar-refractivity contribution in [1.29, 1.82) is 0 Å². The van der Waals surface area contributed by atoms with Crippen LogP contribution in [0.2, 0.25) is 0 Å². The lowest BCUT2D eigenvalue weighted by molar-refractivity contribution is -0.384. The smallest absolute Gasteiger partial charge is 0.269 e. The van der Waals surface area contributed by atoms with Crippen LogP contribution in [0.25, 0.3) is 0 Å². The zero-order valence-electron chi connectivity index (χ0n) is 33.4. The number of oxime groups is 1. The minimum atomic E-state index is -1.36. The molecule has 1 heterocycles. The van der Waals surface area contributed by atoms with Crippen LogP contribution in [0.15, 0.2) is 96.2 Å². The highest BCUT2D eigenvalue weighted by Crippen LogP contribution is 2.62. The summed E-state index contributed by atoms with van der Waals surface area (Å²) < 4.78 is 20.6. The Morgan fingerprint density at radius 1 is 1.03 bits per heavy atom. The molecule has 3 aromatic carbocycles. The molecule has 0 spiro atoms. The number of hydrogen-bond acceptors (Lipinski definition) is 11. The summed E-state index contributed by atoms with van der Waals surface area (Å²) in [5.74, 6) is -0.393. The first-order valence-corrected chi connectivity index (χ1v) is 20.6. The number of carbonyl (C=O) groups is 2. The molecular formula is C46H53N3O10. The molecule has 13 nitrogen and oxygen atoms in total. The highest BCUT2D eigenvalue weighted by molar-refractivity contribution is 6.03. The van der Waals surface area contributed by atoms with Gasteiger partial charge in [-0.1, -0.05) is 42.3 Å². The molecule has 0 bridgehead atoms. The van der Waals surface area contributed by atoms with E-state index in [1.807, 2.05) is 25.2 Å². The summed E-state index contributed by atoms with van der Waals surface area (Å²) in [6.45, 7) is 4.35. The molecule has 7 rings (SSSR count). The lowest BCUT2D eigenvalue weighted by Crippen LogP contribution is -2.69. The standard InChI is InChI=1S/C46H53N3O10/c1-3-23-56-46-42(48(2)45(53)32-15-16-32)27-40(47-57-29-30-13-17-34(18-14-30)49(54)55)38-25-33(10-4-6-21-50)37(12-5-7-22-51)43(44(38)46)39-26-36(19-20-41(39)59-46)58-35-11-8-9-31(24-35)28-52/h3,8-9,11,13-14,17-20,24-26,28,32-33,37,42-44,50-51H,1,4-7,10,12,15-16,21-23,27,29H2,2H3/t33-,37+,42-,43+,44+,46+/m0/s1. The number of fused-ring (bicyclic) bond motifs is 2. The zero-order chi connectivity index (χ0) is 41.5. The lowest BCUT2D eigenvalue weighted by atomic mass is 9.55. The number of ether oxygens (including phenoxy) is 3. The van der Waals surface area contributed by atoms with Crippen LogP contribution in [-0.4, -0.2) is 76.6 Å². The Labute approximate surface area is 344 Å². The van der Waals surface area contributed by atoms with Crippen molar-refractivity contribution >= 4 is 23.6 Å². The van der Waals surface area contributed by atoms with Gasteiger partial charge < -0.3 is 34.2 Å². The number of rotatable bonds is 20. The van der Waals surface area contributed by atoms with Gasteiger partial charge in [0, 0.05) is 61.8 Å².